The van der Waals surface area contributed by atoms with E-state index in [1.54, 1.807) is 6.92 Å². The van der Waals surface area contributed by atoms with Crippen LogP contribution in [0.4, 0.5) is 26.3 Å². The summed E-state index contributed by atoms with van der Waals surface area (Å²) in [4.78, 5) is 12.1. The first kappa shape index (κ1) is 21.3. The molecule has 2 atom stereocenters. The second kappa shape index (κ2) is 8.37. The maximum Gasteiger partial charge on any atom is 0.573 e. The second-order valence-corrected chi connectivity index (χ2v) is 6.47. The van der Waals surface area contributed by atoms with Gasteiger partial charge in [-0.25, -0.2) is 4.39 Å². The van der Waals surface area contributed by atoms with Gasteiger partial charge >= 0.3 is 13.0 Å². The Hall–Kier alpha value is -1.97. The zero-order valence-corrected chi connectivity index (χ0v) is 14.4. The number of hydrogen-bond donors (Lipinski definition) is 1. The Bertz CT molecular complexity index is 648. The lowest BCUT2D eigenvalue weighted by molar-refractivity contribution is -0.274. The highest BCUT2D eigenvalue weighted by Gasteiger charge is 2.48. The zero-order chi connectivity index (χ0) is 20.2. The van der Waals surface area contributed by atoms with E-state index in [1.807, 2.05) is 0 Å². The first-order chi connectivity index (χ1) is 12.5. The molecule has 1 saturated carbocycles. The van der Waals surface area contributed by atoms with Crippen LogP contribution in [0.3, 0.4) is 0 Å². The van der Waals surface area contributed by atoms with Crippen LogP contribution >= 0.6 is 0 Å². The summed E-state index contributed by atoms with van der Waals surface area (Å²) in [5, 5.41) is 2.41. The van der Waals surface area contributed by atoms with Gasteiger partial charge in [0.15, 0.2) is 0 Å². The Labute approximate surface area is 151 Å². The molecule has 1 aromatic carbocycles. The monoisotopic (exact) mass is 399 g/mol. The predicted molar refractivity (Wildman–Crippen MR) is 82.8 cm³/mol. The Morgan fingerprint density at radius 2 is 1.96 bits per heavy atom. The SMILES string of the molecule is C[C@@H](CC(=O)N[C@@H](COC(F)F)c1cccc(OC(F)(F)F)c1)C1(F)CC1. The minimum absolute atomic E-state index is 0.0831. The molecule has 0 spiro atoms. The molecular formula is C17H19F6NO3. The molecule has 1 N–H and O–H groups in total. The molecule has 1 fully saturated rings. The van der Waals surface area contributed by atoms with Gasteiger partial charge in [0.05, 0.1) is 12.6 Å². The molecule has 2 rings (SSSR count). The van der Waals surface area contributed by atoms with E-state index in [-0.39, 0.29) is 12.0 Å². The van der Waals surface area contributed by atoms with Crippen LogP contribution in [-0.2, 0) is 9.53 Å². The molecule has 0 heterocycles. The van der Waals surface area contributed by atoms with Crippen molar-refractivity contribution in [2.75, 3.05) is 6.61 Å². The van der Waals surface area contributed by atoms with Crippen molar-refractivity contribution in [3.05, 3.63) is 29.8 Å². The van der Waals surface area contributed by atoms with E-state index >= 15 is 0 Å². The summed E-state index contributed by atoms with van der Waals surface area (Å²) in [5.41, 5.74) is -1.31. The lowest BCUT2D eigenvalue weighted by Crippen LogP contribution is -2.34. The normalized spacial score (nSPS) is 18.1. The van der Waals surface area contributed by atoms with Gasteiger partial charge in [0, 0.05) is 6.42 Å². The van der Waals surface area contributed by atoms with Gasteiger partial charge in [-0.05, 0) is 36.5 Å². The molecule has 0 aliphatic heterocycles. The maximum atomic E-state index is 14.0. The van der Waals surface area contributed by atoms with Gasteiger partial charge in [0.2, 0.25) is 5.91 Å². The fourth-order valence-corrected chi connectivity index (χ4v) is 2.65. The number of amides is 1. The Morgan fingerprint density at radius 3 is 2.52 bits per heavy atom. The standard InChI is InChI=1S/C17H19F6NO3/c1-10(16(20)5-6-16)7-14(25)24-13(9-26-15(18)19)11-3-2-4-12(8-11)27-17(21,22)23/h2-4,8,10,13,15H,5-7,9H2,1H3,(H,24,25)/t10-,13-/m0/s1. The van der Waals surface area contributed by atoms with Crippen molar-refractivity contribution in [1.29, 1.82) is 0 Å². The van der Waals surface area contributed by atoms with Gasteiger partial charge in [-0.1, -0.05) is 19.1 Å². The Kier molecular flexibility index (Phi) is 6.61. The Balaban J connectivity index is 2.08. The summed E-state index contributed by atoms with van der Waals surface area (Å²) in [5.74, 6) is -1.74. The molecule has 27 heavy (non-hydrogen) atoms. The van der Waals surface area contributed by atoms with E-state index in [1.165, 1.54) is 12.1 Å². The summed E-state index contributed by atoms with van der Waals surface area (Å²) in [6.07, 6.45) is -4.39. The molecule has 0 saturated heterocycles. The second-order valence-electron chi connectivity index (χ2n) is 6.47. The van der Waals surface area contributed by atoms with Crippen LogP contribution in [0.2, 0.25) is 0 Å². The van der Waals surface area contributed by atoms with Crippen LogP contribution in [0.1, 0.15) is 37.8 Å². The Morgan fingerprint density at radius 1 is 1.30 bits per heavy atom. The summed E-state index contributed by atoms with van der Waals surface area (Å²) in [7, 11) is 0. The lowest BCUT2D eigenvalue weighted by atomic mass is 9.99. The number of ether oxygens (including phenoxy) is 2. The lowest BCUT2D eigenvalue weighted by Gasteiger charge is -2.22. The minimum Gasteiger partial charge on any atom is -0.406 e. The molecule has 0 aromatic heterocycles. The molecule has 1 aromatic rings. The number of benzene rings is 1. The quantitative estimate of drug-likeness (QED) is 0.622. The van der Waals surface area contributed by atoms with E-state index in [2.05, 4.69) is 14.8 Å². The van der Waals surface area contributed by atoms with Crippen LogP contribution in [0.15, 0.2) is 24.3 Å². The van der Waals surface area contributed by atoms with Gasteiger partial charge in [0.1, 0.15) is 11.4 Å². The van der Waals surface area contributed by atoms with Crippen LogP contribution in [-0.4, -0.2) is 31.2 Å². The molecule has 1 aliphatic rings. The molecule has 1 amide bonds. The molecule has 0 radical (unpaired) electrons. The third-order valence-corrected chi connectivity index (χ3v) is 4.32. The molecule has 1 aliphatic carbocycles. The third kappa shape index (κ3) is 6.93. The van der Waals surface area contributed by atoms with Crippen molar-refractivity contribution in [3.8, 4) is 5.75 Å². The highest BCUT2D eigenvalue weighted by Crippen LogP contribution is 2.47. The van der Waals surface area contributed by atoms with E-state index in [0.29, 0.717) is 12.8 Å². The van der Waals surface area contributed by atoms with Crippen LogP contribution in [0.25, 0.3) is 0 Å². The average Bonchev–Trinajstić information content (AvgIpc) is 3.29. The van der Waals surface area contributed by atoms with Crippen LogP contribution < -0.4 is 10.1 Å². The van der Waals surface area contributed by atoms with Gasteiger partial charge in [0.25, 0.3) is 0 Å². The fourth-order valence-electron chi connectivity index (χ4n) is 2.65. The van der Waals surface area contributed by atoms with Crippen LogP contribution in [0, 0.1) is 5.92 Å². The summed E-state index contributed by atoms with van der Waals surface area (Å²) in [6, 6.07) is 3.41. The highest BCUT2D eigenvalue weighted by molar-refractivity contribution is 5.77. The van der Waals surface area contributed by atoms with E-state index in [9.17, 15) is 31.1 Å². The summed E-state index contributed by atoms with van der Waals surface area (Å²) >= 11 is 0. The minimum atomic E-state index is -4.92. The van der Waals surface area contributed by atoms with Crippen molar-refractivity contribution >= 4 is 5.91 Å². The van der Waals surface area contributed by atoms with Gasteiger partial charge in [-0.3, -0.25) is 4.79 Å². The predicted octanol–water partition coefficient (Wildman–Crippen LogP) is 4.51. The van der Waals surface area contributed by atoms with Crippen molar-refractivity contribution < 1.29 is 40.6 Å². The largest absolute Gasteiger partial charge is 0.573 e. The van der Waals surface area contributed by atoms with Crippen molar-refractivity contribution in [2.24, 2.45) is 5.92 Å². The smallest absolute Gasteiger partial charge is 0.406 e. The topological polar surface area (TPSA) is 47.6 Å². The van der Waals surface area contributed by atoms with Gasteiger partial charge in [-0.2, -0.15) is 8.78 Å². The maximum absolute atomic E-state index is 14.0. The van der Waals surface area contributed by atoms with Gasteiger partial charge < -0.3 is 14.8 Å². The van der Waals surface area contributed by atoms with E-state index in [4.69, 9.17) is 0 Å². The number of rotatable bonds is 9. The first-order valence-corrected chi connectivity index (χ1v) is 8.22. The summed E-state index contributed by atoms with van der Waals surface area (Å²) in [6.45, 7) is -2.23. The van der Waals surface area contributed by atoms with E-state index in [0.717, 1.165) is 12.1 Å². The number of carbonyl (C=O) groups excluding carboxylic acids is 1. The first-order valence-electron chi connectivity index (χ1n) is 8.22. The van der Waals surface area contributed by atoms with Gasteiger partial charge in [-0.15, -0.1) is 13.2 Å². The highest BCUT2D eigenvalue weighted by atomic mass is 19.4. The molecule has 4 nitrogen and oxygen atoms in total. The molecule has 0 bridgehead atoms. The fraction of sp³-hybridized carbons (Fsp3) is 0.588. The zero-order valence-electron chi connectivity index (χ0n) is 14.4. The third-order valence-electron chi connectivity index (χ3n) is 4.32. The molecule has 0 unspecified atom stereocenters. The number of carbonyl (C=O) groups is 1. The average molecular weight is 399 g/mol. The molecule has 10 heteroatoms. The molecular weight excluding hydrogens is 380 g/mol. The number of alkyl halides is 6. The summed E-state index contributed by atoms with van der Waals surface area (Å²) < 4.78 is 83.7. The number of nitrogens with one attached hydrogen (secondary N) is 1. The van der Waals surface area contributed by atoms with Crippen molar-refractivity contribution in [3.63, 3.8) is 0 Å². The van der Waals surface area contributed by atoms with Crippen molar-refractivity contribution in [1.82, 2.24) is 5.32 Å². The van der Waals surface area contributed by atoms with Crippen LogP contribution in [0.5, 0.6) is 5.75 Å². The molecule has 152 valence electrons. The number of hydrogen-bond acceptors (Lipinski definition) is 3. The van der Waals surface area contributed by atoms with E-state index < -0.39 is 48.9 Å². The van der Waals surface area contributed by atoms with Crippen molar-refractivity contribution in [2.45, 2.75) is 50.9 Å². The number of halogens is 6.